The Hall–Kier alpha value is -3.08. The van der Waals surface area contributed by atoms with Gasteiger partial charge < -0.3 is 14.7 Å². The minimum atomic E-state index is -0.260. The monoisotopic (exact) mass is 349 g/mol. The lowest BCUT2D eigenvalue weighted by molar-refractivity contribution is 0.0915. The van der Waals surface area contributed by atoms with Gasteiger partial charge in [0, 0.05) is 37.0 Å². The van der Waals surface area contributed by atoms with E-state index in [0.29, 0.717) is 12.2 Å². The van der Waals surface area contributed by atoms with E-state index in [0.717, 1.165) is 11.3 Å². The van der Waals surface area contributed by atoms with Crippen LogP contribution in [0.15, 0.2) is 65.2 Å². The number of likely N-dealkylation sites (N-methyl/N-ethyl adjacent to an activating group) is 1. The van der Waals surface area contributed by atoms with E-state index in [1.165, 1.54) is 5.56 Å². The molecule has 0 aliphatic rings. The van der Waals surface area contributed by atoms with Crippen LogP contribution in [-0.2, 0) is 0 Å². The summed E-state index contributed by atoms with van der Waals surface area (Å²) in [4.78, 5) is 14.5. The minimum Gasteiger partial charge on any atom is -0.370 e. The SMILES string of the molecule is Cc1ccc(-c2cc(C(=O)NC[C@@H](C)N(C)c3ccccc3)on2)cc1. The lowest BCUT2D eigenvalue weighted by Crippen LogP contribution is -2.40. The third kappa shape index (κ3) is 4.11. The van der Waals surface area contributed by atoms with Crippen LogP contribution in [0.3, 0.4) is 0 Å². The van der Waals surface area contributed by atoms with Crippen molar-refractivity contribution in [3.05, 3.63) is 72.0 Å². The van der Waals surface area contributed by atoms with Gasteiger partial charge in [0.25, 0.3) is 5.91 Å². The summed E-state index contributed by atoms with van der Waals surface area (Å²) in [7, 11) is 2.01. The molecule has 3 aromatic rings. The average Bonchev–Trinajstić information content (AvgIpc) is 3.16. The lowest BCUT2D eigenvalue weighted by atomic mass is 10.1. The van der Waals surface area contributed by atoms with Crippen LogP contribution in [-0.4, -0.2) is 30.7 Å². The van der Waals surface area contributed by atoms with Crippen molar-refractivity contribution in [1.29, 1.82) is 0 Å². The van der Waals surface area contributed by atoms with Crippen LogP contribution in [0, 0.1) is 6.92 Å². The molecule has 26 heavy (non-hydrogen) atoms. The Morgan fingerprint density at radius 3 is 2.54 bits per heavy atom. The zero-order valence-electron chi connectivity index (χ0n) is 15.3. The number of rotatable bonds is 6. The number of hydrogen-bond acceptors (Lipinski definition) is 4. The number of aromatic nitrogens is 1. The maximum absolute atomic E-state index is 12.3. The quantitative estimate of drug-likeness (QED) is 0.733. The third-order valence-electron chi connectivity index (χ3n) is 4.46. The van der Waals surface area contributed by atoms with Crippen molar-refractivity contribution in [1.82, 2.24) is 10.5 Å². The van der Waals surface area contributed by atoms with E-state index in [9.17, 15) is 4.79 Å². The second-order valence-corrected chi connectivity index (χ2v) is 6.45. The number of benzene rings is 2. The highest BCUT2D eigenvalue weighted by atomic mass is 16.5. The average molecular weight is 349 g/mol. The molecular weight excluding hydrogens is 326 g/mol. The van der Waals surface area contributed by atoms with Crippen LogP contribution < -0.4 is 10.2 Å². The molecule has 1 heterocycles. The fraction of sp³-hybridized carbons (Fsp3) is 0.238. The molecule has 0 saturated carbocycles. The van der Waals surface area contributed by atoms with Crippen molar-refractivity contribution in [3.63, 3.8) is 0 Å². The number of para-hydroxylation sites is 1. The molecule has 0 fully saturated rings. The summed E-state index contributed by atoms with van der Waals surface area (Å²) < 4.78 is 5.21. The van der Waals surface area contributed by atoms with E-state index in [4.69, 9.17) is 4.52 Å². The molecule has 1 aromatic heterocycles. The summed E-state index contributed by atoms with van der Waals surface area (Å²) in [6.45, 7) is 4.59. The van der Waals surface area contributed by atoms with Gasteiger partial charge in [0.2, 0.25) is 5.76 Å². The predicted molar refractivity (Wildman–Crippen MR) is 103 cm³/mol. The zero-order valence-corrected chi connectivity index (χ0v) is 15.3. The highest BCUT2D eigenvalue weighted by Crippen LogP contribution is 2.19. The van der Waals surface area contributed by atoms with Gasteiger partial charge in [-0.25, -0.2) is 0 Å². The number of carbonyl (C=O) groups is 1. The number of nitrogens with zero attached hydrogens (tertiary/aromatic N) is 2. The Morgan fingerprint density at radius 2 is 1.85 bits per heavy atom. The Balaban J connectivity index is 1.59. The number of carbonyl (C=O) groups excluding carboxylic acids is 1. The van der Waals surface area contributed by atoms with Gasteiger partial charge in [-0.2, -0.15) is 0 Å². The van der Waals surface area contributed by atoms with Gasteiger partial charge in [-0.15, -0.1) is 0 Å². The number of aryl methyl sites for hydroxylation is 1. The molecule has 0 spiro atoms. The predicted octanol–water partition coefficient (Wildman–Crippen LogP) is 3.90. The van der Waals surface area contributed by atoms with Gasteiger partial charge in [-0.05, 0) is 26.0 Å². The summed E-state index contributed by atoms with van der Waals surface area (Å²) in [5.74, 6) is -0.0423. The first-order valence-corrected chi connectivity index (χ1v) is 8.64. The molecule has 0 unspecified atom stereocenters. The molecule has 0 aliphatic carbocycles. The van der Waals surface area contributed by atoms with Gasteiger partial charge >= 0.3 is 0 Å². The van der Waals surface area contributed by atoms with Crippen molar-refractivity contribution in [2.75, 3.05) is 18.5 Å². The molecule has 1 N–H and O–H groups in total. The summed E-state index contributed by atoms with van der Waals surface area (Å²) in [6, 6.07) is 19.8. The minimum absolute atomic E-state index is 0.140. The van der Waals surface area contributed by atoms with Crippen molar-refractivity contribution in [3.8, 4) is 11.3 Å². The fourth-order valence-electron chi connectivity index (χ4n) is 2.62. The zero-order chi connectivity index (χ0) is 18.5. The molecule has 0 saturated heterocycles. The molecule has 0 aliphatic heterocycles. The van der Waals surface area contributed by atoms with Gasteiger partial charge in [0.05, 0.1) is 0 Å². The smallest absolute Gasteiger partial charge is 0.289 e. The summed E-state index contributed by atoms with van der Waals surface area (Å²) in [5.41, 5.74) is 3.86. The number of amides is 1. The third-order valence-corrected chi connectivity index (χ3v) is 4.46. The fourth-order valence-corrected chi connectivity index (χ4v) is 2.62. The van der Waals surface area contributed by atoms with Crippen molar-refractivity contribution in [2.45, 2.75) is 19.9 Å². The Labute approximate surface area is 153 Å². The Morgan fingerprint density at radius 1 is 1.15 bits per heavy atom. The van der Waals surface area contributed by atoms with E-state index in [-0.39, 0.29) is 17.7 Å². The highest BCUT2D eigenvalue weighted by molar-refractivity contribution is 5.92. The Bertz CT molecular complexity index is 856. The first-order valence-electron chi connectivity index (χ1n) is 8.64. The number of hydrogen-bond donors (Lipinski definition) is 1. The second kappa shape index (κ2) is 7.87. The molecule has 3 rings (SSSR count). The van der Waals surface area contributed by atoms with E-state index in [1.807, 2.05) is 68.6 Å². The first-order chi connectivity index (χ1) is 12.5. The van der Waals surface area contributed by atoms with Gasteiger partial charge in [0.15, 0.2) is 0 Å². The van der Waals surface area contributed by atoms with Crippen molar-refractivity contribution >= 4 is 11.6 Å². The van der Waals surface area contributed by atoms with Crippen LogP contribution in [0.5, 0.6) is 0 Å². The van der Waals surface area contributed by atoms with Crippen LogP contribution in [0.4, 0.5) is 5.69 Å². The molecule has 1 amide bonds. The second-order valence-electron chi connectivity index (χ2n) is 6.45. The summed E-state index contributed by atoms with van der Waals surface area (Å²) in [6.07, 6.45) is 0. The van der Waals surface area contributed by atoms with Crippen LogP contribution in [0.2, 0.25) is 0 Å². The largest absolute Gasteiger partial charge is 0.370 e. The maximum atomic E-state index is 12.3. The lowest BCUT2D eigenvalue weighted by Gasteiger charge is -2.27. The molecule has 5 heteroatoms. The number of nitrogens with one attached hydrogen (secondary N) is 1. The highest BCUT2D eigenvalue weighted by Gasteiger charge is 2.16. The summed E-state index contributed by atoms with van der Waals surface area (Å²) in [5, 5.41) is 6.91. The van der Waals surface area contributed by atoms with Gasteiger partial charge in [-0.3, -0.25) is 4.79 Å². The van der Waals surface area contributed by atoms with Gasteiger partial charge in [-0.1, -0.05) is 53.2 Å². The first kappa shape index (κ1) is 17.7. The van der Waals surface area contributed by atoms with Crippen LogP contribution in [0.1, 0.15) is 23.0 Å². The summed E-state index contributed by atoms with van der Waals surface area (Å²) >= 11 is 0. The van der Waals surface area contributed by atoms with E-state index in [1.54, 1.807) is 6.07 Å². The standard InChI is InChI=1S/C21H23N3O2/c1-15-9-11-17(12-10-15)19-13-20(26-23-19)21(25)22-14-16(2)24(3)18-7-5-4-6-8-18/h4-13,16H,14H2,1-3H3,(H,22,25)/t16-/m1/s1. The van der Waals surface area contributed by atoms with Gasteiger partial charge in [0.1, 0.15) is 5.69 Å². The maximum Gasteiger partial charge on any atom is 0.289 e. The Kier molecular flexibility index (Phi) is 5.37. The molecule has 134 valence electrons. The van der Waals surface area contributed by atoms with Crippen LogP contribution >= 0.6 is 0 Å². The van der Waals surface area contributed by atoms with E-state index < -0.39 is 0 Å². The number of anilines is 1. The van der Waals surface area contributed by atoms with E-state index >= 15 is 0 Å². The van der Waals surface area contributed by atoms with E-state index in [2.05, 4.69) is 22.3 Å². The molecular formula is C21H23N3O2. The normalized spacial score (nSPS) is 11.8. The van der Waals surface area contributed by atoms with Crippen molar-refractivity contribution in [2.24, 2.45) is 0 Å². The van der Waals surface area contributed by atoms with Crippen molar-refractivity contribution < 1.29 is 9.32 Å². The topological polar surface area (TPSA) is 58.4 Å². The molecule has 0 radical (unpaired) electrons. The van der Waals surface area contributed by atoms with Crippen LogP contribution in [0.25, 0.3) is 11.3 Å². The molecule has 1 atom stereocenters. The molecule has 2 aromatic carbocycles. The molecule has 0 bridgehead atoms. The molecule has 5 nitrogen and oxygen atoms in total.